The van der Waals surface area contributed by atoms with Crippen LogP contribution in [-0.4, -0.2) is 25.7 Å². The average molecular weight is 288 g/mol. The fourth-order valence-electron chi connectivity index (χ4n) is 1.98. The Hall–Kier alpha value is -2.47. The quantitative estimate of drug-likeness (QED) is 0.534. The molecule has 1 aromatic carbocycles. The van der Waals surface area contributed by atoms with Crippen molar-refractivity contribution in [1.29, 1.82) is 0 Å². The summed E-state index contributed by atoms with van der Waals surface area (Å²) < 4.78 is 10.5. The molecule has 112 valence electrons. The smallest absolute Gasteiger partial charge is 0.160 e. The minimum Gasteiger partial charge on any atom is -0.493 e. The molecule has 21 heavy (non-hydrogen) atoms. The number of aromatic nitrogens is 1. The molecule has 0 atom stereocenters. The monoisotopic (exact) mass is 288 g/mol. The number of hydrogen-bond donors (Lipinski definition) is 3. The number of nitrogens with two attached hydrogens (primary N) is 1. The Labute approximate surface area is 124 Å². The standard InChI is InChI=1S/C15H20N4O2/c1-20-12-7-6-11(10-13(12)21-2)8-9-17-14-4-3-5-15(18-14)19-16/h3-7,10H,8-9,16H2,1-2H3,(H2,17,18,19). The van der Waals surface area contributed by atoms with E-state index in [1.807, 2.05) is 30.3 Å². The number of benzene rings is 1. The minimum absolute atomic E-state index is 0.631. The first-order valence-corrected chi connectivity index (χ1v) is 6.65. The first-order valence-electron chi connectivity index (χ1n) is 6.65. The van der Waals surface area contributed by atoms with Crippen LogP contribution < -0.4 is 26.1 Å². The number of ether oxygens (including phenoxy) is 2. The highest BCUT2D eigenvalue weighted by atomic mass is 16.5. The van der Waals surface area contributed by atoms with Crippen LogP contribution in [-0.2, 0) is 6.42 Å². The molecule has 0 fully saturated rings. The number of rotatable bonds is 7. The van der Waals surface area contributed by atoms with Gasteiger partial charge in [0.25, 0.3) is 0 Å². The normalized spacial score (nSPS) is 10.0. The third-order valence-corrected chi connectivity index (χ3v) is 3.06. The van der Waals surface area contributed by atoms with Crippen LogP contribution in [0.2, 0.25) is 0 Å². The molecular formula is C15H20N4O2. The highest BCUT2D eigenvalue weighted by Gasteiger charge is 2.04. The lowest BCUT2D eigenvalue weighted by molar-refractivity contribution is 0.354. The number of nitrogens with one attached hydrogen (secondary N) is 2. The van der Waals surface area contributed by atoms with Gasteiger partial charge in [0.05, 0.1) is 14.2 Å². The summed E-state index contributed by atoms with van der Waals surface area (Å²) >= 11 is 0. The van der Waals surface area contributed by atoms with Crippen molar-refractivity contribution in [3.05, 3.63) is 42.0 Å². The van der Waals surface area contributed by atoms with Gasteiger partial charge in [0.15, 0.2) is 11.5 Å². The van der Waals surface area contributed by atoms with Crippen LogP contribution in [0.15, 0.2) is 36.4 Å². The van der Waals surface area contributed by atoms with Crippen LogP contribution in [0.1, 0.15) is 5.56 Å². The van der Waals surface area contributed by atoms with E-state index >= 15 is 0 Å². The molecule has 6 nitrogen and oxygen atoms in total. The predicted molar refractivity (Wildman–Crippen MR) is 83.8 cm³/mol. The van der Waals surface area contributed by atoms with Gasteiger partial charge in [-0.3, -0.25) is 0 Å². The molecule has 0 amide bonds. The Balaban J connectivity index is 1.93. The van der Waals surface area contributed by atoms with Crippen LogP contribution in [0.4, 0.5) is 11.6 Å². The van der Waals surface area contributed by atoms with Crippen molar-refractivity contribution in [2.45, 2.75) is 6.42 Å². The van der Waals surface area contributed by atoms with E-state index in [2.05, 4.69) is 15.7 Å². The number of hydrogen-bond acceptors (Lipinski definition) is 6. The van der Waals surface area contributed by atoms with Crippen molar-refractivity contribution in [2.24, 2.45) is 5.84 Å². The van der Waals surface area contributed by atoms with Crippen molar-refractivity contribution < 1.29 is 9.47 Å². The molecular weight excluding hydrogens is 268 g/mol. The van der Waals surface area contributed by atoms with E-state index in [1.165, 1.54) is 0 Å². The SMILES string of the molecule is COc1ccc(CCNc2cccc(NN)n2)cc1OC. The van der Waals surface area contributed by atoms with Gasteiger partial charge in [0.2, 0.25) is 0 Å². The summed E-state index contributed by atoms with van der Waals surface area (Å²) in [4.78, 5) is 4.29. The second-order valence-electron chi connectivity index (χ2n) is 4.42. The Morgan fingerprint density at radius 3 is 2.52 bits per heavy atom. The zero-order valence-corrected chi connectivity index (χ0v) is 12.2. The first-order chi connectivity index (χ1) is 10.3. The maximum atomic E-state index is 5.33. The Morgan fingerprint density at radius 1 is 1.05 bits per heavy atom. The molecule has 4 N–H and O–H groups in total. The van der Waals surface area contributed by atoms with Gasteiger partial charge in [-0.15, -0.1) is 0 Å². The van der Waals surface area contributed by atoms with Crippen molar-refractivity contribution in [3.63, 3.8) is 0 Å². The zero-order chi connectivity index (χ0) is 15.1. The largest absolute Gasteiger partial charge is 0.493 e. The number of nitrogen functional groups attached to an aromatic ring is 1. The van der Waals surface area contributed by atoms with Gasteiger partial charge in [-0.25, -0.2) is 10.8 Å². The summed E-state index contributed by atoms with van der Waals surface area (Å²) in [7, 11) is 3.26. The highest BCUT2D eigenvalue weighted by Crippen LogP contribution is 2.27. The van der Waals surface area contributed by atoms with Crippen molar-refractivity contribution in [3.8, 4) is 11.5 Å². The zero-order valence-electron chi connectivity index (χ0n) is 12.2. The summed E-state index contributed by atoms with van der Waals surface area (Å²) in [6.45, 7) is 0.760. The summed E-state index contributed by atoms with van der Waals surface area (Å²) in [5.41, 5.74) is 3.68. The summed E-state index contributed by atoms with van der Waals surface area (Å²) in [5.74, 6) is 8.22. The molecule has 0 spiro atoms. The molecule has 0 aliphatic carbocycles. The molecule has 2 rings (SSSR count). The number of methoxy groups -OCH3 is 2. The molecule has 2 aromatic rings. The van der Waals surface area contributed by atoms with Crippen molar-refractivity contribution >= 4 is 11.6 Å². The van der Waals surface area contributed by atoms with Crippen molar-refractivity contribution in [2.75, 3.05) is 31.5 Å². The lowest BCUT2D eigenvalue weighted by Gasteiger charge is -2.10. The number of pyridine rings is 1. The summed E-state index contributed by atoms with van der Waals surface area (Å²) in [6, 6.07) is 11.5. The van der Waals surface area contributed by atoms with Gasteiger partial charge < -0.3 is 20.2 Å². The topological polar surface area (TPSA) is 81.4 Å². The van der Waals surface area contributed by atoms with E-state index in [-0.39, 0.29) is 0 Å². The van der Waals surface area contributed by atoms with Crippen molar-refractivity contribution in [1.82, 2.24) is 4.98 Å². The maximum absolute atomic E-state index is 5.33. The molecule has 0 unspecified atom stereocenters. The van der Waals surface area contributed by atoms with Crippen LogP contribution in [0, 0.1) is 0 Å². The predicted octanol–water partition coefficient (Wildman–Crippen LogP) is 2.04. The maximum Gasteiger partial charge on any atom is 0.160 e. The van der Waals surface area contributed by atoms with Crippen LogP contribution in [0.3, 0.4) is 0 Å². The lowest BCUT2D eigenvalue weighted by Crippen LogP contribution is -2.11. The second kappa shape index (κ2) is 7.35. The van der Waals surface area contributed by atoms with Crippen LogP contribution in [0.25, 0.3) is 0 Å². The van der Waals surface area contributed by atoms with E-state index in [1.54, 1.807) is 20.3 Å². The van der Waals surface area contributed by atoms with E-state index in [0.29, 0.717) is 5.82 Å². The molecule has 0 aliphatic heterocycles. The fraction of sp³-hybridized carbons (Fsp3) is 0.267. The van der Waals surface area contributed by atoms with Crippen LogP contribution in [0.5, 0.6) is 11.5 Å². The van der Waals surface area contributed by atoms with E-state index in [0.717, 1.165) is 35.8 Å². The average Bonchev–Trinajstić information content (AvgIpc) is 2.55. The number of anilines is 2. The van der Waals surface area contributed by atoms with Gasteiger partial charge in [-0.1, -0.05) is 12.1 Å². The molecule has 0 bridgehead atoms. The second-order valence-corrected chi connectivity index (χ2v) is 4.42. The van der Waals surface area contributed by atoms with Gasteiger partial charge in [0, 0.05) is 6.54 Å². The molecule has 0 saturated carbocycles. The molecule has 1 heterocycles. The van der Waals surface area contributed by atoms with E-state index in [4.69, 9.17) is 15.3 Å². The minimum atomic E-state index is 0.631. The molecule has 1 aromatic heterocycles. The van der Waals surface area contributed by atoms with Gasteiger partial charge >= 0.3 is 0 Å². The third-order valence-electron chi connectivity index (χ3n) is 3.06. The van der Waals surface area contributed by atoms with Gasteiger partial charge in [-0.05, 0) is 36.2 Å². The van der Waals surface area contributed by atoms with E-state index < -0.39 is 0 Å². The molecule has 0 aliphatic rings. The highest BCUT2D eigenvalue weighted by molar-refractivity contribution is 5.45. The van der Waals surface area contributed by atoms with Gasteiger partial charge in [-0.2, -0.15) is 0 Å². The Morgan fingerprint density at radius 2 is 1.81 bits per heavy atom. The molecule has 0 radical (unpaired) electrons. The number of nitrogens with zero attached hydrogens (tertiary/aromatic N) is 1. The van der Waals surface area contributed by atoms with E-state index in [9.17, 15) is 0 Å². The fourth-order valence-corrected chi connectivity index (χ4v) is 1.98. The summed E-state index contributed by atoms with van der Waals surface area (Å²) in [5, 5.41) is 3.26. The first kappa shape index (κ1) is 14.9. The molecule has 0 saturated heterocycles. The Bertz CT molecular complexity index is 590. The van der Waals surface area contributed by atoms with Gasteiger partial charge in [0.1, 0.15) is 11.6 Å². The third kappa shape index (κ3) is 4.00. The summed E-state index contributed by atoms with van der Waals surface area (Å²) in [6.07, 6.45) is 0.850. The van der Waals surface area contributed by atoms with Crippen LogP contribution >= 0.6 is 0 Å². The number of hydrazine groups is 1. The lowest BCUT2D eigenvalue weighted by atomic mass is 10.1. The molecule has 6 heteroatoms. The Kier molecular flexibility index (Phi) is 5.22.